The van der Waals surface area contributed by atoms with Gasteiger partial charge in [-0.15, -0.1) is 0 Å². The van der Waals surface area contributed by atoms with Crippen molar-refractivity contribution in [2.75, 3.05) is 23.7 Å². The van der Waals surface area contributed by atoms with Crippen LogP contribution in [0.4, 0.5) is 11.4 Å². The molecule has 0 aliphatic heterocycles. The van der Waals surface area contributed by atoms with Crippen molar-refractivity contribution in [1.82, 2.24) is 0 Å². The van der Waals surface area contributed by atoms with Crippen LogP contribution < -0.4 is 16.4 Å². The van der Waals surface area contributed by atoms with Crippen LogP contribution in [-0.4, -0.2) is 29.7 Å². The molecule has 1 amide bonds. The number of nitrogens with two attached hydrogens (primary N) is 2. The highest BCUT2D eigenvalue weighted by Gasteiger charge is 2.18. The van der Waals surface area contributed by atoms with E-state index < -0.39 is 11.5 Å². The van der Waals surface area contributed by atoms with Gasteiger partial charge in [0.15, 0.2) is 0 Å². The Kier molecular flexibility index (Phi) is 4.19. The van der Waals surface area contributed by atoms with Crippen molar-refractivity contribution in [1.29, 1.82) is 0 Å². The van der Waals surface area contributed by atoms with Gasteiger partial charge >= 0.3 is 0 Å². The number of aliphatic hydroxyl groups is 1. The summed E-state index contributed by atoms with van der Waals surface area (Å²) in [6.07, 6.45) is 0. The normalized spacial score (nSPS) is 11.3. The molecule has 5 nitrogen and oxygen atoms in total. The molecule has 0 aliphatic carbocycles. The summed E-state index contributed by atoms with van der Waals surface area (Å²) in [6, 6.07) is 5.13. The van der Waals surface area contributed by atoms with Gasteiger partial charge in [0, 0.05) is 24.5 Å². The van der Waals surface area contributed by atoms with Crippen molar-refractivity contribution in [2.45, 2.75) is 26.4 Å². The molecule has 0 fully saturated rings. The van der Waals surface area contributed by atoms with Crippen LogP contribution in [0, 0.1) is 0 Å². The summed E-state index contributed by atoms with van der Waals surface area (Å²) in [5, 5.41) is 9.86. The predicted molar refractivity (Wildman–Crippen MR) is 73.6 cm³/mol. The number of anilines is 2. The van der Waals surface area contributed by atoms with E-state index in [0.29, 0.717) is 24.3 Å². The number of rotatable bonds is 5. The van der Waals surface area contributed by atoms with E-state index in [0.717, 1.165) is 5.69 Å². The van der Waals surface area contributed by atoms with Gasteiger partial charge in [0.25, 0.3) is 5.91 Å². The molecule has 5 heteroatoms. The van der Waals surface area contributed by atoms with Crippen molar-refractivity contribution in [3.8, 4) is 0 Å². The van der Waals surface area contributed by atoms with E-state index in [4.69, 9.17) is 11.5 Å². The van der Waals surface area contributed by atoms with Gasteiger partial charge in [-0.05, 0) is 39.0 Å². The van der Waals surface area contributed by atoms with E-state index in [1.54, 1.807) is 26.0 Å². The second-order valence-corrected chi connectivity index (χ2v) is 4.96. The van der Waals surface area contributed by atoms with Crippen molar-refractivity contribution >= 4 is 17.3 Å². The Morgan fingerprint density at radius 1 is 1.44 bits per heavy atom. The molecule has 5 N–H and O–H groups in total. The number of hydrogen-bond donors (Lipinski definition) is 3. The van der Waals surface area contributed by atoms with Crippen LogP contribution in [0.15, 0.2) is 18.2 Å². The van der Waals surface area contributed by atoms with Gasteiger partial charge in [0.2, 0.25) is 0 Å². The number of primary amides is 1. The third-order valence-electron chi connectivity index (χ3n) is 2.63. The first-order valence-corrected chi connectivity index (χ1v) is 5.91. The number of nitrogens with zero attached hydrogens (tertiary/aromatic N) is 1. The molecule has 0 atom stereocenters. The number of amides is 1. The molecule has 0 saturated heterocycles. The quantitative estimate of drug-likeness (QED) is 0.680. The molecular formula is C13H21N3O2. The molecule has 0 heterocycles. The summed E-state index contributed by atoms with van der Waals surface area (Å²) in [7, 11) is 0. The Morgan fingerprint density at radius 2 is 2.06 bits per heavy atom. The average Bonchev–Trinajstić information content (AvgIpc) is 2.25. The van der Waals surface area contributed by atoms with Gasteiger partial charge in [-0.3, -0.25) is 4.79 Å². The predicted octanol–water partition coefficient (Wildman–Crippen LogP) is 0.965. The SMILES string of the molecule is CCN(CC(C)(C)O)c1ccc(N)c(C(N)=O)c1. The lowest BCUT2D eigenvalue weighted by molar-refractivity contribution is 0.0876. The molecule has 1 aromatic rings. The van der Waals surface area contributed by atoms with Gasteiger partial charge in [-0.2, -0.15) is 0 Å². The second kappa shape index (κ2) is 5.27. The van der Waals surface area contributed by atoms with Crippen LogP contribution in [0.3, 0.4) is 0 Å². The number of likely N-dealkylation sites (N-methyl/N-ethyl adjacent to an activating group) is 1. The van der Waals surface area contributed by atoms with Crippen LogP contribution in [0.5, 0.6) is 0 Å². The largest absolute Gasteiger partial charge is 0.398 e. The first-order chi connectivity index (χ1) is 8.24. The third kappa shape index (κ3) is 3.63. The van der Waals surface area contributed by atoms with Gasteiger partial charge in [0.1, 0.15) is 0 Å². The van der Waals surface area contributed by atoms with Crippen molar-refractivity contribution < 1.29 is 9.90 Å². The zero-order valence-electron chi connectivity index (χ0n) is 11.1. The lowest BCUT2D eigenvalue weighted by atomic mass is 10.1. The number of benzene rings is 1. The molecule has 1 rings (SSSR count). The monoisotopic (exact) mass is 251 g/mol. The van der Waals surface area contributed by atoms with E-state index in [9.17, 15) is 9.90 Å². The minimum atomic E-state index is -0.815. The summed E-state index contributed by atoms with van der Waals surface area (Å²) >= 11 is 0. The van der Waals surface area contributed by atoms with Crippen molar-refractivity contribution in [2.24, 2.45) is 5.73 Å². The Bertz CT molecular complexity index is 438. The molecule has 0 radical (unpaired) electrons. The molecule has 0 aromatic heterocycles. The van der Waals surface area contributed by atoms with Gasteiger partial charge < -0.3 is 21.5 Å². The average molecular weight is 251 g/mol. The topological polar surface area (TPSA) is 92.6 Å². The van der Waals surface area contributed by atoms with Gasteiger partial charge in [-0.25, -0.2) is 0 Å². The molecule has 0 bridgehead atoms. The fourth-order valence-corrected chi connectivity index (χ4v) is 1.81. The fourth-order valence-electron chi connectivity index (χ4n) is 1.81. The maximum Gasteiger partial charge on any atom is 0.250 e. The smallest absolute Gasteiger partial charge is 0.250 e. The standard InChI is InChI=1S/C13H21N3O2/c1-4-16(8-13(2,3)18)9-5-6-11(14)10(7-9)12(15)17/h5-7,18H,4,8,14H2,1-3H3,(H2,15,17). The summed E-state index contributed by atoms with van der Waals surface area (Å²) < 4.78 is 0. The fraction of sp³-hybridized carbons (Fsp3) is 0.462. The summed E-state index contributed by atoms with van der Waals surface area (Å²) in [5.41, 5.74) is 11.6. The number of carbonyl (C=O) groups is 1. The Hall–Kier alpha value is -1.75. The van der Waals surface area contributed by atoms with Gasteiger partial charge in [0.05, 0.1) is 11.2 Å². The number of hydrogen-bond acceptors (Lipinski definition) is 4. The summed E-state index contributed by atoms with van der Waals surface area (Å²) in [4.78, 5) is 13.2. The molecule has 0 saturated carbocycles. The zero-order valence-corrected chi connectivity index (χ0v) is 11.1. The first kappa shape index (κ1) is 14.3. The molecule has 0 unspecified atom stereocenters. The summed E-state index contributed by atoms with van der Waals surface area (Å²) in [5.74, 6) is -0.548. The Balaban J connectivity index is 3.07. The molecule has 0 spiro atoms. The maximum atomic E-state index is 11.2. The minimum Gasteiger partial charge on any atom is -0.398 e. The zero-order chi connectivity index (χ0) is 13.9. The number of nitrogen functional groups attached to an aromatic ring is 1. The second-order valence-electron chi connectivity index (χ2n) is 4.96. The summed E-state index contributed by atoms with van der Waals surface area (Å²) in [6.45, 7) is 6.63. The number of carbonyl (C=O) groups excluding carboxylic acids is 1. The van der Waals surface area contributed by atoms with E-state index in [2.05, 4.69) is 0 Å². The lowest BCUT2D eigenvalue weighted by Gasteiger charge is -2.30. The van der Waals surface area contributed by atoms with Crippen LogP contribution in [0.1, 0.15) is 31.1 Å². The highest BCUT2D eigenvalue weighted by molar-refractivity contribution is 5.99. The molecular weight excluding hydrogens is 230 g/mol. The molecule has 18 heavy (non-hydrogen) atoms. The van der Waals surface area contributed by atoms with Gasteiger partial charge in [-0.1, -0.05) is 0 Å². The van der Waals surface area contributed by atoms with Crippen LogP contribution in [-0.2, 0) is 0 Å². The van der Waals surface area contributed by atoms with E-state index in [1.165, 1.54) is 0 Å². The van der Waals surface area contributed by atoms with E-state index in [1.807, 2.05) is 17.9 Å². The van der Waals surface area contributed by atoms with Crippen LogP contribution in [0.2, 0.25) is 0 Å². The minimum absolute atomic E-state index is 0.307. The van der Waals surface area contributed by atoms with Crippen molar-refractivity contribution in [3.63, 3.8) is 0 Å². The molecule has 0 aliphatic rings. The van der Waals surface area contributed by atoms with Crippen LogP contribution >= 0.6 is 0 Å². The molecule has 1 aromatic carbocycles. The lowest BCUT2D eigenvalue weighted by Crippen LogP contribution is -2.38. The van der Waals surface area contributed by atoms with Crippen molar-refractivity contribution in [3.05, 3.63) is 23.8 Å². The maximum absolute atomic E-state index is 11.2. The Labute approximate surface area is 107 Å². The van der Waals surface area contributed by atoms with E-state index in [-0.39, 0.29) is 0 Å². The first-order valence-electron chi connectivity index (χ1n) is 5.91. The highest BCUT2D eigenvalue weighted by Crippen LogP contribution is 2.22. The highest BCUT2D eigenvalue weighted by atomic mass is 16.3. The van der Waals surface area contributed by atoms with E-state index >= 15 is 0 Å². The molecule has 100 valence electrons. The third-order valence-corrected chi connectivity index (χ3v) is 2.63. The van der Waals surface area contributed by atoms with Crippen LogP contribution in [0.25, 0.3) is 0 Å². The Morgan fingerprint density at radius 3 is 2.50 bits per heavy atom.